The Morgan fingerprint density at radius 1 is 0.906 bits per heavy atom. The molecular weight excluding hydrogens is 451 g/mol. The largest absolute Gasteiger partial charge is 0.495 e. The van der Waals surface area contributed by atoms with Gasteiger partial charge in [-0.15, -0.1) is 0 Å². The second kappa shape index (κ2) is 11.5. The highest BCUT2D eigenvalue weighted by Gasteiger charge is 2.11. The van der Waals surface area contributed by atoms with Gasteiger partial charge in [0.1, 0.15) is 5.75 Å². The number of amides is 1. The maximum Gasteiger partial charge on any atom is 0.262 e. The van der Waals surface area contributed by atoms with E-state index in [-0.39, 0.29) is 12.5 Å². The Morgan fingerprint density at radius 2 is 1.72 bits per heavy atom. The summed E-state index contributed by atoms with van der Waals surface area (Å²) in [5.41, 5.74) is 2.41. The van der Waals surface area contributed by atoms with Crippen molar-refractivity contribution in [2.45, 2.75) is 13.5 Å². The Hall–Kier alpha value is -3.09. The van der Waals surface area contributed by atoms with Crippen molar-refractivity contribution in [1.82, 2.24) is 0 Å². The van der Waals surface area contributed by atoms with Crippen molar-refractivity contribution in [3.8, 4) is 17.2 Å². The van der Waals surface area contributed by atoms with Gasteiger partial charge in [0.15, 0.2) is 18.1 Å². The highest BCUT2D eigenvalue weighted by molar-refractivity contribution is 6.42. The second-order valence-electron chi connectivity index (χ2n) is 6.73. The van der Waals surface area contributed by atoms with Gasteiger partial charge < -0.3 is 24.8 Å². The fourth-order valence-corrected chi connectivity index (χ4v) is 3.24. The quantitative estimate of drug-likeness (QED) is 0.375. The van der Waals surface area contributed by atoms with Crippen LogP contribution >= 0.6 is 23.2 Å². The minimum Gasteiger partial charge on any atom is -0.495 e. The lowest BCUT2D eigenvalue weighted by Gasteiger charge is -2.15. The van der Waals surface area contributed by atoms with Crippen LogP contribution in [-0.2, 0) is 11.3 Å². The van der Waals surface area contributed by atoms with Crippen molar-refractivity contribution < 1.29 is 19.0 Å². The maximum atomic E-state index is 12.3. The standard InChI is InChI=1S/C24H24Cl2N2O4/c1-3-31-23-12-16(14-27-17-9-10-18(25)19(26)13-17)8-11-22(23)32-15-24(29)28-20-6-4-5-7-21(20)30-2/h4-13,27H,3,14-15H2,1-2H3,(H,28,29). The van der Waals surface area contributed by atoms with E-state index >= 15 is 0 Å². The number of hydrogen-bond acceptors (Lipinski definition) is 5. The summed E-state index contributed by atoms with van der Waals surface area (Å²) < 4.78 is 16.7. The van der Waals surface area contributed by atoms with Crippen molar-refractivity contribution in [3.05, 3.63) is 76.3 Å². The van der Waals surface area contributed by atoms with Crippen LogP contribution < -0.4 is 24.8 Å². The number of nitrogens with one attached hydrogen (secondary N) is 2. The summed E-state index contributed by atoms with van der Waals surface area (Å²) in [6.45, 7) is 2.73. The van der Waals surface area contributed by atoms with E-state index in [1.54, 1.807) is 37.4 Å². The molecule has 0 aliphatic heterocycles. The molecule has 0 aliphatic carbocycles. The molecule has 168 valence electrons. The molecule has 32 heavy (non-hydrogen) atoms. The molecule has 0 radical (unpaired) electrons. The number of benzene rings is 3. The Kier molecular flexibility index (Phi) is 8.48. The maximum absolute atomic E-state index is 12.3. The number of hydrogen-bond donors (Lipinski definition) is 2. The van der Waals surface area contributed by atoms with E-state index in [1.807, 2.05) is 37.3 Å². The van der Waals surface area contributed by atoms with Gasteiger partial charge in [-0.1, -0.05) is 41.4 Å². The zero-order valence-electron chi connectivity index (χ0n) is 17.8. The molecule has 0 fully saturated rings. The van der Waals surface area contributed by atoms with Gasteiger partial charge in [0.2, 0.25) is 0 Å². The smallest absolute Gasteiger partial charge is 0.262 e. The molecule has 2 N–H and O–H groups in total. The van der Waals surface area contributed by atoms with Gasteiger partial charge >= 0.3 is 0 Å². The summed E-state index contributed by atoms with van der Waals surface area (Å²) in [5.74, 6) is 1.32. The van der Waals surface area contributed by atoms with Gasteiger partial charge in [0, 0.05) is 12.2 Å². The second-order valence-corrected chi connectivity index (χ2v) is 7.55. The van der Waals surface area contributed by atoms with Crippen molar-refractivity contribution in [1.29, 1.82) is 0 Å². The molecule has 8 heteroatoms. The van der Waals surface area contributed by atoms with Gasteiger partial charge in [-0.3, -0.25) is 4.79 Å². The third kappa shape index (κ3) is 6.45. The van der Waals surface area contributed by atoms with Crippen molar-refractivity contribution >= 4 is 40.5 Å². The zero-order chi connectivity index (χ0) is 22.9. The number of anilines is 2. The Bertz CT molecular complexity index is 1080. The minimum absolute atomic E-state index is 0.168. The fourth-order valence-electron chi connectivity index (χ4n) is 2.94. The topological polar surface area (TPSA) is 68.8 Å². The number of ether oxygens (including phenoxy) is 3. The lowest BCUT2D eigenvalue weighted by molar-refractivity contribution is -0.118. The molecule has 0 aliphatic rings. The van der Waals surface area contributed by atoms with Crippen LogP contribution in [-0.4, -0.2) is 26.2 Å². The third-order valence-corrected chi connectivity index (χ3v) is 5.20. The number of para-hydroxylation sites is 2. The van der Waals surface area contributed by atoms with E-state index in [9.17, 15) is 4.79 Å². The van der Waals surface area contributed by atoms with Crippen LogP contribution in [0.1, 0.15) is 12.5 Å². The molecule has 0 heterocycles. The first-order valence-electron chi connectivity index (χ1n) is 10.0. The van der Waals surface area contributed by atoms with Gasteiger partial charge in [-0.25, -0.2) is 0 Å². The fraction of sp³-hybridized carbons (Fsp3) is 0.208. The predicted octanol–water partition coefficient (Wildman–Crippen LogP) is 6.03. The molecule has 0 aromatic heterocycles. The molecule has 0 saturated carbocycles. The van der Waals surface area contributed by atoms with Crippen LogP contribution in [0.3, 0.4) is 0 Å². The van der Waals surface area contributed by atoms with Crippen LogP contribution in [0.4, 0.5) is 11.4 Å². The summed E-state index contributed by atoms with van der Waals surface area (Å²) in [6.07, 6.45) is 0. The molecule has 0 unspecified atom stereocenters. The van der Waals surface area contributed by atoms with Crippen molar-refractivity contribution in [2.75, 3.05) is 31.0 Å². The van der Waals surface area contributed by atoms with E-state index < -0.39 is 0 Å². The highest BCUT2D eigenvalue weighted by atomic mass is 35.5. The average Bonchev–Trinajstić information content (AvgIpc) is 2.80. The number of rotatable bonds is 10. The summed E-state index contributed by atoms with van der Waals surface area (Å²) in [4.78, 5) is 12.3. The molecule has 6 nitrogen and oxygen atoms in total. The molecular formula is C24H24Cl2N2O4. The molecule has 3 aromatic rings. The molecule has 0 spiro atoms. The Balaban J connectivity index is 1.62. The highest BCUT2D eigenvalue weighted by Crippen LogP contribution is 2.30. The summed E-state index contributed by atoms with van der Waals surface area (Å²) in [5, 5.41) is 7.07. The average molecular weight is 475 g/mol. The summed E-state index contributed by atoms with van der Waals surface area (Å²) in [7, 11) is 1.55. The van der Waals surface area contributed by atoms with Crippen LogP contribution in [0.25, 0.3) is 0 Å². The van der Waals surface area contributed by atoms with Crippen molar-refractivity contribution in [3.63, 3.8) is 0 Å². The number of carbonyl (C=O) groups excluding carboxylic acids is 1. The normalized spacial score (nSPS) is 10.4. The Labute approximate surface area is 197 Å². The van der Waals surface area contributed by atoms with E-state index in [0.29, 0.717) is 46.1 Å². The van der Waals surface area contributed by atoms with Crippen LogP contribution in [0.15, 0.2) is 60.7 Å². The van der Waals surface area contributed by atoms with Gasteiger partial charge in [-0.2, -0.15) is 0 Å². The third-order valence-electron chi connectivity index (χ3n) is 4.46. The monoisotopic (exact) mass is 474 g/mol. The van der Waals surface area contributed by atoms with Crippen LogP contribution in [0.2, 0.25) is 10.0 Å². The first kappa shape index (κ1) is 23.6. The van der Waals surface area contributed by atoms with E-state index in [1.165, 1.54) is 0 Å². The van der Waals surface area contributed by atoms with Crippen LogP contribution in [0.5, 0.6) is 17.2 Å². The molecule has 0 saturated heterocycles. The summed E-state index contributed by atoms with van der Waals surface area (Å²) >= 11 is 12.0. The van der Waals surface area contributed by atoms with Gasteiger partial charge in [0.05, 0.1) is 29.4 Å². The first-order valence-corrected chi connectivity index (χ1v) is 10.8. The van der Waals surface area contributed by atoms with E-state index in [0.717, 1.165) is 11.3 Å². The number of methoxy groups -OCH3 is 1. The van der Waals surface area contributed by atoms with Crippen LogP contribution in [0, 0.1) is 0 Å². The number of carbonyl (C=O) groups is 1. The van der Waals surface area contributed by atoms with E-state index in [4.69, 9.17) is 37.4 Å². The molecule has 0 bridgehead atoms. The van der Waals surface area contributed by atoms with E-state index in [2.05, 4.69) is 10.6 Å². The molecule has 0 atom stereocenters. The van der Waals surface area contributed by atoms with Crippen molar-refractivity contribution in [2.24, 2.45) is 0 Å². The van der Waals surface area contributed by atoms with Gasteiger partial charge in [0.25, 0.3) is 5.91 Å². The minimum atomic E-state index is -0.303. The predicted molar refractivity (Wildman–Crippen MR) is 129 cm³/mol. The first-order chi connectivity index (χ1) is 15.5. The number of halogens is 2. The molecule has 3 aromatic carbocycles. The molecule has 1 amide bonds. The lowest BCUT2D eigenvalue weighted by Crippen LogP contribution is -2.20. The molecule has 3 rings (SSSR count). The SMILES string of the molecule is CCOc1cc(CNc2ccc(Cl)c(Cl)c2)ccc1OCC(=O)Nc1ccccc1OC. The van der Waals surface area contributed by atoms with Gasteiger partial charge in [-0.05, 0) is 55.0 Å². The lowest BCUT2D eigenvalue weighted by atomic mass is 10.2. The summed E-state index contributed by atoms with van der Waals surface area (Å²) in [6, 6.07) is 18.1. The zero-order valence-corrected chi connectivity index (χ0v) is 19.3. The Morgan fingerprint density at radius 3 is 2.47 bits per heavy atom.